The van der Waals surface area contributed by atoms with Crippen molar-refractivity contribution >= 4 is 33.4 Å². The zero-order valence-electron chi connectivity index (χ0n) is 8.42. The van der Waals surface area contributed by atoms with Gasteiger partial charge in [-0.1, -0.05) is 35.3 Å². The maximum atomic E-state index is 5.89. The van der Waals surface area contributed by atoms with Crippen molar-refractivity contribution in [2.45, 2.75) is 25.5 Å². The topological polar surface area (TPSA) is 26.0 Å². The van der Waals surface area contributed by atoms with Crippen LogP contribution in [0, 0.1) is 0 Å². The number of benzene rings is 1. The molecular weight excluding hydrogens is 258 g/mol. The third-order valence-corrected chi connectivity index (χ3v) is 3.59. The Morgan fingerprint density at radius 1 is 1.43 bits per heavy atom. The first-order chi connectivity index (χ1) is 6.74. The van der Waals surface area contributed by atoms with Crippen LogP contribution >= 0.6 is 27.7 Å². The molecule has 1 rings (SSSR count). The average molecular weight is 274 g/mol. The first-order valence-corrected chi connectivity index (χ1v) is 6.80. The van der Waals surface area contributed by atoms with E-state index in [2.05, 4.69) is 28.9 Å². The number of halogens is 1. The Kier molecular flexibility index (Phi) is 5.41. The molecule has 0 radical (unpaired) electrons. The smallest absolute Gasteiger partial charge is 0.0366 e. The molecule has 1 aromatic rings. The molecule has 0 fully saturated rings. The molecule has 1 aromatic carbocycles. The summed E-state index contributed by atoms with van der Waals surface area (Å²) in [7, 11) is 0. The number of anilines is 1. The lowest BCUT2D eigenvalue weighted by Crippen LogP contribution is -1.92. The van der Waals surface area contributed by atoms with Crippen molar-refractivity contribution in [3.05, 3.63) is 28.2 Å². The van der Waals surface area contributed by atoms with Crippen molar-refractivity contribution in [1.82, 2.24) is 0 Å². The number of rotatable bonds is 5. The summed E-state index contributed by atoms with van der Waals surface area (Å²) in [5.74, 6) is 2.26. The monoisotopic (exact) mass is 273 g/mol. The second kappa shape index (κ2) is 6.36. The fraction of sp³-hybridized carbons (Fsp3) is 0.455. The number of hydrogen-bond donors (Lipinski definition) is 1. The van der Waals surface area contributed by atoms with Crippen LogP contribution in [0.2, 0.25) is 0 Å². The lowest BCUT2D eigenvalue weighted by molar-refractivity contribution is 0.896. The van der Waals surface area contributed by atoms with Gasteiger partial charge in [-0.3, -0.25) is 0 Å². The molecule has 0 saturated carbocycles. The van der Waals surface area contributed by atoms with Gasteiger partial charge in [-0.05, 0) is 29.9 Å². The Hall–Kier alpha value is -0.150. The number of unbranched alkanes of at least 4 members (excludes halogenated alkanes) is 1. The van der Waals surface area contributed by atoms with E-state index in [9.17, 15) is 0 Å². The van der Waals surface area contributed by atoms with Crippen LogP contribution < -0.4 is 5.73 Å². The molecule has 0 spiro atoms. The Morgan fingerprint density at radius 3 is 2.86 bits per heavy atom. The Labute approximate surface area is 98.6 Å². The number of hydrogen-bond acceptors (Lipinski definition) is 2. The Balaban J connectivity index is 2.42. The van der Waals surface area contributed by atoms with E-state index in [1.54, 1.807) is 0 Å². The van der Waals surface area contributed by atoms with Gasteiger partial charge in [-0.2, -0.15) is 11.8 Å². The summed E-state index contributed by atoms with van der Waals surface area (Å²) in [4.78, 5) is 0. The molecule has 0 bridgehead atoms. The van der Waals surface area contributed by atoms with Gasteiger partial charge in [0.05, 0.1) is 0 Å². The van der Waals surface area contributed by atoms with E-state index in [1.165, 1.54) is 24.2 Å². The van der Waals surface area contributed by atoms with E-state index in [4.69, 9.17) is 5.73 Å². The predicted molar refractivity (Wildman–Crippen MR) is 69.6 cm³/mol. The second-order valence-electron chi connectivity index (χ2n) is 3.25. The van der Waals surface area contributed by atoms with Crippen molar-refractivity contribution < 1.29 is 0 Å². The fourth-order valence-corrected chi connectivity index (χ4v) is 2.62. The summed E-state index contributed by atoms with van der Waals surface area (Å²) in [5, 5.41) is 0. The molecule has 0 heterocycles. The van der Waals surface area contributed by atoms with E-state index in [0.29, 0.717) is 0 Å². The van der Waals surface area contributed by atoms with Crippen LogP contribution in [0.25, 0.3) is 0 Å². The molecule has 0 aliphatic carbocycles. The highest BCUT2D eigenvalue weighted by molar-refractivity contribution is 9.10. The normalized spacial score (nSPS) is 10.4. The van der Waals surface area contributed by atoms with E-state index in [-0.39, 0.29) is 0 Å². The van der Waals surface area contributed by atoms with Gasteiger partial charge in [0.2, 0.25) is 0 Å². The van der Waals surface area contributed by atoms with Crippen LogP contribution in [0.3, 0.4) is 0 Å². The van der Waals surface area contributed by atoms with Crippen LogP contribution in [-0.2, 0) is 5.75 Å². The average Bonchev–Trinajstić information content (AvgIpc) is 2.15. The Bertz CT molecular complexity index is 289. The fourth-order valence-electron chi connectivity index (χ4n) is 1.13. The lowest BCUT2D eigenvalue weighted by atomic mass is 10.2. The molecular formula is C11H16BrNS. The van der Waals surface area contributed by atoms with Crippen LogP contribution in [0.15, 0.2) is 22.7 Å². The molecule has 1 nitrogen and oxygen atoms in total. The molecule has 3 heteroatoms. The number of nitrogens with two attached hydrogens (primary N) is 1. The maximum Gasteiger partial charge on any atom is 0.0366 e. The van der Waals surface area contributed by atoms with Crippen LogP contribution in [0.4, 0.5) is 5.69 Å². The van der Waals surface area contributed by atoms with Crippen molar-refractivity contribution in [2.24, 2.45) is 0 Å². The van der Waals surface area contributed by atoms with Crippen LogP contribution in [0.1, 0.15) is 25.3 Å². The summed E-state index contributed by atoms with van der Waals surface area (Å²) in [5.41, 5.74) is 8.03. The minimum Gasteiger partial charge on any atom is -0.398 e. The second-order valence-corrected chi connectivity index (χ2v) is 5.27. The van der Waals surface area contributed by atoms with Gasteiger partial charge in [-0.25, -0.2) is 0 Å². The van der Waals surface area contributed by atoms with Gasteiger partial charge in [0.1, 0.15) is 0 Å². The summed E-state index contributed by atoms with van der Waals surface area (Å²) in [6.45, 7) is 2.22. The molecule has 78 valence electrons. The van der Waals surface area contributed by atoms with Crippen LogP contribution in [0.5, 0.6) is 0 Å². The van der Waals surface area contributed by atoms with Gasteiger partial charge in [0, 0.05) is 15.9 Å². The summed E-state index contributed by atoms with van der Waals surface area (Å²) in [6, 6.07) is 6.11. The quantitative estimate of drug-likeness (QED) is 0.647. The van der Waals surface area contributed by atoms with Crippen molar-refractivity contribution in [1.29, 1.82) is 0 Å². The highest BCUT2D eigenvalue weighted by atomic mass is 79.9. The highest BCUT2D eigenvalue weighted by Gasteiger charge is 1.99. The van der Waals surface area contributed by atoms with Gasteiger partial charge < -0.3 is 5.73 Å². The first kappa shape index (κ1) is 11.9. The largest absolute Gasteiger partial charge is 0.398 e. The first-order valence-electron chi connectivity index (χ1n) is 4.85. The third kappa shape index (κ3) is 3.93. The molecule has 0 amide bonds. The van der Waals surface area contributed by atoms with Gasteiger partial charge in [-0.15, -0.1) is 0 Å². The highest BCUT2D eigenvalue weighted by Crippen LogP contribution is 2.23. The van der Waals surface area contributed by atoms with Crippen molar-refractivity contribution in [2.75, 3.05) is 11.5 Å². The zero-order valence-corrected chi connectivity index (χ0v) is 10.8. The lowest BCUT2D eigenvalue weighted by Gasteiger charge is -2.05. The van der Waals surface area contributed by atoms with Gasteiger partial charge in [0.25, 0.3) is 0 Å². The molecule has 0 aromatic heterocycles. The Morgan fingerprint density at radius 2 is 2.21 bits per heavy atom. The van der Waals surface area contributed by atoms with Crippen molar-refractivity contribution in [3.63, 3.8) is 0 Å². The predicted octanol–water partition coefficient (Wildman–Crippen LogP) is 4.06. The zero-order chi connectivity index (χ0) is 10.4. The van der Waals surface area contributed by atoms with E-state index < -0.39 is 0 Å². The minimum atomic E-state index is 0.892. The minimum absolute atomic E-state index is 0.892. The number of thioether (sulfide) groups is 1. The molecule has 0 aliphatic heterocycles. The maximum absolute atomic E-state index is 5.89. The summed E-state index contributed by atoms with van der Waals surface area (Å²) in [6.07, 6.45) is 2.56. The number of nitrogen functional groups attached to an aromatic ring is 1. The molecule has 0 aliphatic rings. The van der Waals surface area contributed by atoms with E-state index >= 15 is 0 Å². The standard InChI is InChI=1S/C11H16BrNS/c1-2-3-6-14-8-9-4-5-10(12)7-11(9)13/h4-5,7H,2-3,6,8,13H2,1H3. The summed E-state index contributed by atoms with van der Waals surface area (Å²) >= 11 is 5.36. The van der Waals surface area contributed by atoms with Gasteiger partial charge >= 0.3 is 0 Å². The summed E-state index contributed by atoms with van der Waals surface area (Å²) < 4.78 is 1.05. The third-order valence-electron chi connectivity index (χ3n) is 2.01. The van der Waals surface area contributed by atoms with E-state index in [1.807, 2.05) is 23.9 Å². The molecule has 0 atom stereocenters. The molecule has 2 N–H and O–H groups in total. The van der Waals surface area contributed by atoms with E-state index in [0.717, 1.165) is 15.9 Å². The van der Waals surface area contributed by atoms with Crippen LogP contribution in [-0.4, -0.2) is 5.75 Å². The molecule has 0 unspecified atom stereocenters. The molecule has 14 heavy (non-hydrogen) atoms. The van der Waals surface area contributed by atoms with Crippen molar-refractivity contribution in [3.8, 4) is 0 Å². The SMILES string of the molecule is CCCCSCc1ccc(Br)cc1N. The van der Waals surface area contributed by atoms with Gasteiger partial charge in [0.15, 0.2) is 0 Å². The molecule has 0 saturated heterocycles.